The van der Waals surface area contributed by atoms with E-state index in [2.05, 4.69) is 35.2 Å². The van der Waals surface area contributed by atoms with Gasteiger partial charge in [0, 0.05) is 36.0 Å². The van der Waals surface area contributed by atoms with Crippen LogP contribution in [0.4, 0.5) is 5.13 Å². The van der Waals surface area contributed by atoms with Gasteiger partial charge in [-0.05, 0) is 32.0 Å². The molecule has 0 amide bonds. The monoisotopic (exact) mass is 399 g/mol. The van der Waals surface area contributed by atoms with Gasteiger partial charge in [-0.1, -0.05) is 12.1 Å². The van der Waals surface area contributed by atoms with Gasteiger partial charge in [-0.15, -0.1) is 11.3 Å². The van der Waals surface area contributed by atoms with Crippen LogP contribution in [0.15, 0.2) is 35.7 Å². The number of benzene rings is 1. The first-order valence-electron chi connectivity index (χ1n) is 9.39. The van der Waals surface area contributed by atoms with Crippen molar-refractivity contribution in [2.45, 2.75) is 26.5 Å². The SMILES string of the molecule is COCCNc1nc(-c2cc(C)n(C[C@H]3COc4ccccc4O3)c2C)cs1. The largest absolute Gasteiger partial charge is 0.486 e. The van der Waals surface area contributed by atoms with Gasteiger partial charge in [0.05, 0.1) is 18.8 Å². The van der Waals surface area contributed by atoms with Gasteiger partial charge in [-0.3, -0.25) is 0 Å². The molecule has 1 N–H and O–H groups in total. The minimum absolute atomic E-state index is 0.0192. The van der Waals surface area contributed by atoms with E-state index in [-0.39, 0.29) is 6.10 Å². The lowest BCUT2D eigenvalue weighted by molar-refractivity contribution is 0.0778. The molecule has 0 spiro atoms. The van der Waals surface area contributed by atoms with E-state index in [1.807, 2.05) is 24.3 Å². The Morgan fingerprint density at radius 2 is 2.11 bits per heavy atom. The first-order valence-corrected chi connectivity index (χ1v) is 10.3. The molecule has 2 aromatic heterocycles. The Morgan fingerprint density at radius 3 is 2.93 bits per heavy atom. The molecule has 0 fully saturated rings. The van der Waals surface area contributed by atoms with Crippen LogP contribution in [0.2, 0.25) is 0 Å². The average Bonchev–Trinajstić information content (AvgIpc) is 3.28. The standard InChI is InChI=1S/C21H25N3O3S/c1-14-10-17(18-13-28-21(23-18)22-8-9-25-3)15(2)24(14)11-16-12-26-19-6-4-5-7-20(19)27-16/h4-7,10,13,16H,8-9,11-12H2,1-3H3,(H,22,23)/t16-/m0/s1. The molecule has 0 aliphatic carbocycles. The van der Waals surface area contributed by atoms with Gasteiger partial charge in [0.25, 0.3) is 0 Å². The van der Waals surface area contributed by atoms with Crippen LogP contribution in [-0.4, -0.2) is 42.5 Å². The van der Waals surface area contributed by atoms with Crippen molar-refractivity contribution >= 4 is 16.5 Å². The third kappa shape index (κ3) is 3.86. The number of nitrogens with zero attached hydrogens (tertiary/aromatic N) is 2. The van der Waals surface area contributed by atoms with Crippen molar-refractivity contribution in [3.05, 3.63) is 47.1 Å². The van der Waals surface area contributed by atoms with E-state index in [0.29, 0.717) is 13.2 Å². The summed E-state index contributed by atoms with van der Waals surface area (Å²) in [5.41, 5.74) is 4.53. The molecule has 6 nitrogen and oxygen atoms in total. The van der Waals surface area contributed by atoms with Crippen molar-refractivity contribution in [2.24, 2.45) is 0 Å². The zero-order valence-corrected chi connectivity index (χ0v) is 17.2. The maximum atomic E-state index is 6.14. The highest BCUT2D eigenvalue weighted by Gasteiger charge is 2.23. The highest BCUT2D eigenvalue weighted by molar-refractivity contribution is 7.14. The summed E-state index contributed by atoms with van der Waals surface area (Å²) >= 11 is 1.61. The number of para-hydroxylation sites is 2. The smallest absolute Gasteiger partial charge is 0.183 e. The lowest BCUT2D eigenvalue weighted by atomic mass is 10.2. The van der Waals surface area contributed by atoms with Gasteiger partial charge in [0.1, 0.15) is 6.61 Å². The molecule has 3 aromatic rings. The molecule has 0 unspecified atom stereocenters. The molecule has 0 radical (unpaired) electrons. The van der Waals surface area contributed by atoms with Crippen molar-refractivity contribution in [3.63, 3.8) is 0 Å². The number of rotatable bonds is 7. The number of hydrogen-bond donors (Lipinski definition) is 1. The fourth-order valence-electron chi connectivity index (χ4n) is 3.44. The second-order valence-electron chi connectivity index (χ2n) is 6.85. The van der Waals surface area contributed by atoms with Crippen LogP contribution in [0.3, 0.4) is 0 Å². The Hall–Kier alpha value is -2.51. The summed E-state index contributed by atoms with van der Waals surface area (Å²) in [5.74, 6) is 1.63. The maximum absolute atomic E-state index is 6.14. The molecular weight excluding hydrogens is 374 g/mol. The molecular formula is C21H25N3O3S. The third-order valence-corrected chi connectivity index (χ3v) is 5.69. The first kappa shape index (κ1) is 18.8. The summed E-state index contributed by atoms with van der Waals surface area (Å²) < 4.78 is 19.4. The van der Waals surface area contributed by atoms with Gasteiger partial charge >= 0.3 is 0 Å². The van der Waals surface area contributed by atoms with Crippen LogP contribution in [0.5, 0.6) is 11.5 Å². The van der Waals surface area contributed by atoms with Crippen LogP contribution in [0.1, 0.15) is 11.4 Å². The van der Waals surface area contributed by atoms with Gasteiger partial charge < -0.3 is 24.1 Å². The average molecular weight is 400 g/mol. The van der Waals surface area contributed by atoms with Crippen LogP contribution in [0.25, 0.3) is 11.3 Å². The quantitative estimate of drug-likeness (QED) is 0.606. The fraction of sp³-hybridized carbons (Fsp3) is 0.381. The van der Waals surface area contributed by atoms with Crippen LogP contribution < -0.4 is 14.8 Å². The predicted molar refractivity (Wildman–Crippen MR) is 112 cm³/mol. The van der Waals surface area contributed by atoms with Crippen molar-refractivity contribution in [3.8, 4) is 22.8 Å². The van der Waals surface area contributed by atoms with E-state index >= 15 is 0 Å². The Balaban J connectivity index is 1.49. The van der Waals surface area contributed by atoms with Crippen molar-refractivity contribution in [2.75, 3.05) is 32.2 Å². The summed E-state index contributed by atoms with van der Waals surface area (Å²) in [6.45, 7) is 6.97. The molecule has 28 heavy (non-hydrogen) atoms. The van der Waals surface area contributed by atoms with Crippen molar-refractivity contribution in [1.29, 1.82) is 0 Å². The number of methoxy groups -OCH3 is 1. The summed E-state index contributed by atoms with van der Waals surface area (Å²) in [6, 6.07) is 10.0. The van der Waals surface area contributed by atoms with E-state index in [4.69, 9.17) is 19.2 Å². The predicted octanol–water partition coefficient (Wildman–Crippen LogP) is 4.13. The lowest BCUT2D eigenvalue weighted by Crippen LogP contribution is -2.33. The van der Waals surface area contributed by atoms with E-state index in [1.165, 1.54) is 11.4 Å². The molecule has 1 aliphatic heterocycles. The van der Waals surface area contributed by atoms with E-state index in [9.17, 15) is 0 Å². The summed E-state index contributed by atoms with van der Waals surface area (Å²) in [6.07, 6.45) is -0.0192. The summed E-state index contributed by atoms with van der Waals surface area (Å²) in [5, 5.41) is 6.30. The lowest BCUT2D eigenvalue weighted by Gasteiger charge is -2.27. The zero-order valence-electron chi connectivity index (χ0n) is 16.4. The number of nitrogens with one attached hydrogen (secondary N) is 1. The van der Waals surface area contributed by atoms with Gasteiger partial charge in [0.2, 0.25) is 0 Å². The van der Waals surface area contributed by atoms with Crippen molar-refractivity contribution < 1.29 is 14.2 Å². The molecule has 148 valence electrons. The Bertz CT molecular complexity index is 950. The van der Waals surface area contributed by atoms with Crippen LogP contribution in [0, 0.1) is 13.8 Å². The molecule has 1 aliphatic rings. The van der Waals surface area contributed by atoms with Crippen LogP contribution in [-0.2, 0) is 11.3 Å². The summed E-state index contributed by atoms with van der Waals surface area (Å²) in [7, 11) is 1.70. The summed E-state index contributed by atoms with van der Waals surface area (Å²) in [4.78, 5) is 4.73. The number of ether oxygens (including phenoxy) is 3. The topological polar surface area (TPSA) is 57.5 Å². The Morgan fingerprint density at radius 1 is 1.29 bits per heavy atom. The number of hydrogen-bond acceptors (Lipinski definition) is 6. The minimum atomic E-state index is -0.0192. The highest BCUT2D eigenvalue weighted by Crippen LogP contribution is 2.33. The number of thiazole rings is 1. The van der Waals surface area contributed by atoms with Crippen LogP contribution >= 0.6 is 11.3 Å². The molecule has 0 bridgehead atoms. The second kappa shape index (κ2) is 8.24. The molecule has 0 saturated heterocycles. The maximum Gasteiger partial charge on any atom is 0.183 e. The van der Waals surface area contributed by atoms with E-state index in [0.717, 1.165) is 41.0 Å². The zero-order chi connectivity index (χ0) is 19.5. The second-order valence-corrected chi connectivity index (χ2v) is 7.71. The first-order chi connectivity index (χ1) is 13.7. The number of aryl methyl sites for hydroxylation is 1. The molecule has 4 rings (SSSR count). The third-order valence-electron chi connectivity index (χ3n) is 4.89. The Labute approximate surface area is 169 Å². The number of anilines is 1. The number of aromatic nitrogens is 2. The molecule has 0 saturated carbocycles. The fourth-order valence-corrected chi connectivity index (χ4v) is 4.18. The number of fused-ring (bicyclic) bond motifs is 1. The Kier molecular flexibility index (Phi) is 5.54. The molecule has 1 atom stereocenters. The van der Waals surface area contributed by atoms with Gasteiger partial charge in [0.15, 0.2) is 22.7 Å². The minimum Gasteiger partial charge on any atom is -0.486 e. The normalized spacial score (nSPS) is 15.6. The molecule has 7 heteroatoms. The van der Waals surface area contributed by atoms with Gasteiger partial charge in [-0.25, -0.2) is 4.98 Å². The molecule has 1 aromatic carbocycles. The van der Waals surface area contributed by atoms with E-state index < -0.39 is 0 Å². The van der Waals surface area contributed by atoms with Gasteiger partial charge in [-0.2, -0.15) is 0 Å². The highest BCUT2D eigenvalue weighted by atomic mass is 32.1. The van der Waals surface area contributed by atoms with E-state index in [1.54, 1.807) is 18.4 Å². The molecule has 3 heterocycles. The van der Waals surface area contributed by atoms with Crippen molar-refractivity contribution in [1.82, 2.24) is 9.55 Å².